The van der Waals surface area contributed by atoms with Crippen molar-refractivity contribution in [3.63, 3.8) is 0 Å². The van der Waals surface area contributed by atoms with Gasteiger partial charge in [0.1, 0.15) is 11.4 Å². The summed E-state index contributed by atoms with van der Waals surface area (Å²) in [5.74, 6) is -1.41. The second-order valence-corrected chi connectivity index (χ2v) is 9.02. The van der Waals surface area contributed by atoms with Gasteiger partial charge in [0.2, 0.25) is 0 Å². The number of anilines is 2. The number of rotatable bonds is 5. The number of piperidine rings is 1. The van der Waals surface area contributed by atoms with Gasteiger partial charge >= 0.3 is 6.09 Å². The summed E-state index contributed by atoms with van der Waals surface area (Å²) in [6.07, 6.45) is 1.51. The Balaban J connectivity index is 1.76. The van der Waals surface area contributed by atoms with Crippen LogP contribution in [-0.2, 0) is 4.74 Å². The second-order valence-electron chi connectivity index (χ2n) is 9.02. The number of nitrogens with one attached hydrogen (secondary N) is 1. The minimum atomic E-state index is -0.683. The molecule has 0 saturated carbocycles. The number of hydrogen-bond donors (Lipinski definition) is 2. The lowest BCUT2D eigenvalue weighted by Crippen LogP contribution is -2.45. The van der Waals surface area contributed by atoms with Crippen LogP contribution in [0.2, 0.25) is 0 Å². The van der Waals surface area contributed by atoms with Crippen molar-refractivity contribution >= 4 is 23.5 Å². The lowest BCUT2D eigenvalue weighted by Gasteiger charge is -2.35. The van der Waals surface area contributed by atoms with Crippen molar-refractivity contribution in [1.82, 2.24) is 14.7 Å². The van der Waals surface area contributed by atoms with Crippen molar-refractivity contribution in [3.05, 3.63) is 41.8 Å². The highest BCUT2D eigenvalue weighted by atomic mass is 19.1. The molecule has 3 N–H and O–H groups in total. The summed E-state index contributed by atoms with van der Waals surface area (Å²) in [6.45, 7) is 6.76. The third-order valence-corrected chi connectivity index (χ3v) is 5.07. The molecule has 0 bridgehead atoms. The number of nitrogens with zero attached hydrogens (tertiary/aromatic N) is 4. The van der Waals surface area contributed by atoms with Crippen LogP contribution in [0.1, 0.15) is 43.6 Å². The van der Waals surface area contributed by atoms with Gasteiger partial charge in [0.25, 0.3) is 5.91 Å². The zero-order valence-electron chi connectivity index (χ0n) is 18.3. The minimum Gasteiger partial charge on any atom is -0.449 e. The van der Waals surface area contributed by atoms with Gasteiger partial charge in [-0.3, -0.25) is 9.48 Å². The summed E-state index contributed by atoms with van der Waals surface area (Å²) in [7, 11) is 0. The molecule has 10 heteroatoms. The molecule has 1 aromatic heterocycles. The van der Waals surface area contributed by atoms with E-state index in [1.165, 1.54) is 40.0 Å². The number of aromatic nitrogens is 2. The average Bonchev–Trinajstić information content (AvgIpc) is 3.16. The Morgan fingerprint density at radius 1 is 1.34 bits per heavy atom. The van der Waals surface area contributed by atoms with Crippen LogP contribution in [0.15, 0.2) is 30.5 Å². The zero-order chi connectivity index (χ0) is 23.5. The van der Waals surface area contributed by atoms with Gasteiger partial charge in [0, 0.05) is 25.0 Å². The maximum absolute atomic E-state index is 13.2. The molecule has 2 aromatic rings. The minimum absolute atomic E-state index is 0.151. The molecule has 3 rings (SSSR count). The second kappa shape index (κ2) is 9.26. The molecule has 1 aromatic carbocycles. The highest BCUT2D eigenvalue weighted by Crippen LogP contribution is 2.30. The molecule has 1 aliphatic heterocycles. The molecule has 1 aliphatic rings. The number of amides is 2. The number of carbonyl (C=O) groups is 2. The standard InChI is InChI=1S/C22H27FN6O3/c1-22(2,3)13-32-21(31)28-9-8-18(14(10-24)11-28)29-12-17(19(25)30)20(27-29)26-16-6-4-15(23)5-7-16/h4-7,12,14,18H,8-9,11,13H2,1-3H3,(H2,25,30)(H,26,27). The number of benzene rings is 1. The summed E-state index contributed by atoms with van der Waals surface area (Å²) in [5.41, 5.74) is 6.04. The molecule has 0 spiro atoms. The van der Waals surface area contributed by atoms with Crippen LogP contribution < -0.4 is 11.1 Å². The van der Waals surface area contributed by atoms with Gasteiger partial charge in [-0.25, -0.2) is 9.18 Å². The summed E-state index contributed by atoms with van der Waals surface area (Å²) in [4.78, 5) is 25.9. The topological polar surface area (TPSA) is 126 Å². The first-order valence-corrected chi connectivity index (χ1v) is 10.3. The van der Waals surface area contributed by atoms with Gasteiger partial charge in [-0.05, 0) is 36.1 Å². The number of hydrogen-bond acceptors (Lipinski definition) is 6. The van der Waals surface area contributed by atoms with E-state index in [0.717, 1.165) is 0 Å². The molecular weight excluding hydrogens is 415 g/mol. The predicted molar refractivity (Wildman–Crippen MR) is 116 cm³/mol. The van der Waals surface area contributed by atoms with Crippen LogP contribution in [0.3, 0.4) is 0 Å². The third kappa shape index (κ3) is 5.55. The van der Waals surface area contributed by atoms with Gasteiger partial charge in [0.15, 0.2) is 5.82 Å². The van der Waals surface area contributed by atoms with E-state index in [0.29, 0.717) is 18.7 Å². The number of primary amides is 1. The Hall–Kier alpha value is -3.61. The highest BCUT2D eigenvalue weighted by Gasteiger charge is 2.35. The molecule has 2 amide bonds. The van der Waals surface area contributed by atoms with Gasteiger partial charge < -0.3 is 20.7 Å². The molecule has 170 valence electrons. The molecule has 1 fully saturated rings. The first kappa shape index (κ1) is 23.1. The smallest absolute Gasteiger partial charge is 0.409 e. The lowest BCUT2D eigenvalue weighted by molar-refractivity contribution is 0.0553. The van der Waals surface area contributed by atoms with Crippen LogP contribution in [0.25, 0.3) is 0 Å². The van der Waals surface area contributed by atoms with Crippen molar-refractivity contribution in [2.75, 3.05) is 25.0 Å². The predicted octanol–water partition coefficient (Wildman–Crippen LogP) is 3.43. The van der Waals surface area contributed by atoms with Crippen LogP contribution in [0, 0.1) is 28.5 Å². The quantitative estimate of drug-likeness (QED) is 0.730. The summed E-state index contributed by atoms with van der Waals surface area (Å²) in [6, 6.07) is 7.47. The largest absolute Gasteiger partial charge is 0.449 e. The molecule has 9 nitrogen and oxygen atoms in total. The lowest BCUT2D eigenvalue weighted by atomic mass is 9.93. The third-order valence-electron chi connectivity index (χ3n) is 5.07. The normalized spacial score (nSPS) is 18.7. The molecule has 1 saturated heterocycles. The fourth-order valence-corrected chi connectivity index (χ4v) is 3.42. The van der Waals surface area contributed by atoms with E-state index in [1.54, 1.807) is 0 Å². The van der Waals surface area contributed by atoms with E-state index in [9.17, 15) is 19.2 Å². The summed E-state index contributed by atoms with van der Waals surface area (Å²) < 4.78 is 20.1. The zero-order valence-corrected chi connectivity index (χ0v) is 18.3. The fraction of sp³-hybridized carbons (Fsp3) is 0.455. The van der Waals surface area contributed by atoms with Crippen LogP contribution in [-0.4, -0.2) is 46.4 Å². The van der Waals surface area contributed by atoms with E-state index < -0.39 is 17.9 Å². The van der Waals surface area contributed by atoms with Crippen molar-refractivity contribution < 1.29 is 18.7 Å². The number of halogens is 1. The summed E-state index contributed by atoms with van der Waals surface area (Å²) >= 11 is 0. The molecular formula is C22H27FN6O3. The van der Waals surface area contributed by atoms with E-state index in [4.69, 9.17) is 10.5 Å². The Morgan fingerprint density at radius 2 is 2.03 bits per heavy atom. The monoisotopic (exact) mass is 442 g/mol. The van der Waals surface area contributed by atoms with E-state index >= 15 is 0 Å². The van der Waals surface area contributed by atoms with Gasteiger partial charge in [-0.1, -0.05) is 20.8 Å². The molecule has 0 radical (unpaired) electrons. The molecule has 2 unspecified atom stereocenters. The number of ether oxygens (including phenoxy) is 1. The molecule has 2 heterocycles. The van der Waals surface area contributed by atoms with Gasteiger partial charge in [-0.15, -0.1) is 0 Å². The maximum atomic E-state index is 13.2. The molecule has 2 atom stereocenters. The maximum Gasteiger partial charge on any atom is 0.409 e. The van der Waals surface area contributed by atoms with Crippen LogP contribution in [0.4, 0.5) is 20.7 Å². The van der Waals surface area contributed by atoms with Crippen molar-refractivity contribution in [3.8, 4) is 6.07 Å². The summed E-state index contributed by atoms with van der Waals surface area (Å²) in [5, 5.41) is 17.1. The average molecular weight is 442 g/mol. The van der Waals surface area contributed by atoms with E-state index in [2.05, 4.69) is 16.5 Å². The SMILES string of the molecule is CC(C)(C)COC(=O)N1CCC(n2cc(C(N)=O)c(Nc3ccc(F)cc3)n2)C(C#N)C1. The number of carbonyl (C=O) groups excluding carboxylic acids is 2. The molecule has 0 aliphatic carbocycles. The fourth-order valence-electron chi connectivity index (χ4n) is 3.42. The van der Waals surface area contributed by atoms with E-state index in [-0.39, 0.29) is 41.8 Å². The Bertz CT molecular complexity index is 1020. The van der Waals surface area contributed by atoms with Crippen LogP contribution in [0.5, 0.6) is 0 Å². The highest BCUT2D eigenvalue weighted by molar-refractivity contribution is 5.98. The van der Waals surface area contributed by atoms with Crippen molar-refractivity contribution in [2.45, 2.75) is 33.2 Å². The number of nitrogens with two attached hydrogens (primary N) is 1. The van der Waals surface area contributed by atoms with Crippen molar-refractivity contribution in [1.29, 1.82) is 5.26 Å². The van der Waals surface area contributed by atoms with Crippen molar-refractivity contribution in [2.24, 2.45) is 17.1 Å². The Kier molecular flexibility index (Phi) is 6.67. The number of nitriles is 1. The van der Waals surface area contributed by atoms with Gasteiger partial charge in [-0.2, -0.15) is 10.4 Å². The van der Waals surface area contributed by atoms with Crippen LogP contribution >= 0.6 is 0 Å². The molecule has 32 heavy (non-hydrogen) atoms. The first-order valence-electron chi connectivity index (χ1n) is 10.3. The van der Waals surface area contributed by atoms with Gasteiger partial charge in [0.05, 0.1) is 24.6 Å². The Labute approximate surface area is 185 Å². The van der Waals surface area contributed by atoms with E-state index in [1.807, 2.05) is 20.8 Å². The Morgan fingerprint density at radius 3 is 2.62 bits per heavy atom. The first-order chi connectivity index (χ1) is 15.1. The number of likely N-dealkylation sites (tertiary alicyclic amines) is 1.